The zero-order valence-electron chi connectivity index (χ0n) is 16.9. The summed E-state index contributed by atoms with van der Waals surface area (Å²) in [5.74, 6) is 0.750. The van der Waals surface area contributed by atoms with Crippen molar-refractivity contribution in [3.05, 3.63) is 59.5 Å². The number of rotatable bonds is 5. The number of anilines is 1. The Labute approximate surface area is 178 Å². The van der Waals surface area contributed by atoms with Crippen LogP contribution in [0.25, 0.3) is 32.9 Å². The Bertz CT molecular complexity index is 1220. The van der Waals surface area contributed by atoms with Crippen molar-refractivity contribution in [3.8, 4) is 28.4 Å². The van der Waals surface area contributed by atoms with Gasteiger partial charge in [0.25, 0.3) is 0 Å². The average Bonchev–Trinajstić information content (AvgIpc) is 3.10. The number of carbonyl (C=O) groups is 1. The molecule has 0 aliphatic carbocycles. The zero-order valence-corrected chi connectivity index (χ0v) is 17.7. The monoisotopic (exact) mass is 419 g/mol. The maximum Gasteiger partial charge on any atom is 0.350 e. The van der Waals surface area contributed by atoms with Gasteiger partial charge in [0.05, 0.1) is 30.0 Å². The quantitative estimate of drug-likeness (QED) is 0.449. The van der Waals surface area contributed by atoms with Gasteiger partial charge in [0.2, 0.25) is 0 Å². The summed E-state index contributed by atoms with van der Waals surface area (Å²) in [6.07, 6.45) is -0.248. The second kappa shape index (κ2) is 8.12. The molecular weight excluding hydrogens is 398 g/mol. The fraction of sp³-hybridized carbons (Fsp3) is 0.174. The molecule has 2 aromatic heterocycles. The van der Waals surface area contributed by atoms with Crippen LogP contribution in [0.5, 0.6) is 5.75 Å². The molecule has 0 amide bonds. The number of methoxy groups -OCH3 is 1. The number of para-hydroxylation sites is 1. The molecule has 0 saturated carbocycles. The summed E-state index contributed by atoms with van der Waals surface area (Å²) in [6.45, 7) is 3.60. The van der Waals surface area contributed by atoms with Gasteiger partial charge < -0.3 is 15.2 Å². The van der Waals surface area contributed by atoms with Crippen LogP contribution in [-0.2, 0) is 4.74 Å². The maximum atomic E-state index is 12.6. The Balaban J connectivity index is 2.02. The smallest absolute Gasteiger partial charge is 0.350 e. The number of benzene rings is 2. The minimum absolute atomic E-state index is 0.248. The molecule has 0 aliphatic rings. The minimum atomic E-state index is -0.460. The van der Waals surface area contributed by atoms with Crippen LogP contribution in [0.4, 0.5) is 5.69 Å². The van der Waals surface area contributed by atoms with Crippen LogP contribution in [0.3, 0.4) is 0 Å². The van der Waals surface area contributed by atoms with Crippen molar-refractivity contribution in [1.29, 1.82) is 0 Å². The highest BCUT2D eigenvalue weighted by Crippen LogP contribution is 2.42. The molecule has 0 atom stereocenters. The first-order valence-electron chi connectivity index (χ1n) is 9.49. The van der Waals surface area contributed by atoms with E-state index in [1.807, 2.05) is 54.6 Å². The van der Waals surface area contributed by atoms with Gasteiger partial charge in [-0.25, -0.2) is 14.8 Å². The fourth-order valence-electron chi connectivity index (χ4n) is 3.19. The fourth-order valence-corrected chi connectivity index (χ4v) is 4.17. The van der Waals surface area contributed by atoms with E-state index in [9.17, 15) is 4.79 Å². The molecule has 6 nitrogen and oxygen atoms in total. The van der Waals surface area contributed by atoms with Crippen molar-refractivity contribution < 1.29 is 14.3 Å². The van der Waals surface area contributed by atoms with Gasteiger partial charge in [-0.05, 0) is 26.0 Å². The van der Waals surface area contributed by atoms with Crippen molar-refractivity contribution in [2.45, 2.75) is 20.0 Å². The van der Waals surface area contributed by atoms with Crippen LogP contribution < -0.4 is 10.5 Å². The summed E-state index contributed by atoms with van der Waals surface area (Å²) in [4.78, 5) is 23.1. The molecule has 0 radical (unpaired) electrons. The molecule has 4 aromatic rings. The lowest BCUT2D eigenvalue weighted by Crippen LogP contribution is -2.11. The molecule has 0 saturated heterocycles. The van der Waals surface area contributed by atoms with Crippen LogP contribution >= 0.6 is 11.3 Å². The molecular formula is C23H21N3O3S. The number of hydrogen-bond acceptors (Lipinski definition) is 7. The van der Waals surface area contributed by atoms with Crippen LogP contribution in [-0.4, -0.2) is 29.2 Å². The first-order chi connectivity index (χ1) is 14.5. The highest BCUT2D eigenvalue weighted by Gasteiger charge is 2.25. The first-order valence-corrected chi connectivity index (χ1v) is 10.3. The number of ether oxygens (including phenoxy) is 2. The van der Waals surface area contributed by atoms with E-state index in [1.54, 1.807) is 21.0 Å². The standard InChI is InChI=1S/C23H21N3O3S/c1-13(2)29-23(27)20-18(24)17-19(15-11-7-8-12-16(15)28-3)25-21(26-22(17)30-20)14-9-5-4-6-10-14/h4-13H,24H2,1-3H3. The number of nitrogens with zero attached hydrogens (tertiary/aromatic N) is 2. The van der Waals surface area contributed by atoms with Gasteiger partial charge in [0.15, 0.2) is 5.82 Å². The topological polar surface area (TPSA) is 87.3 Å². The Hall–Kier alpha value is -3.45. The van der Waals surface area contributed by atoms with E-state index in [0.29, 0.717) is 38.0 Å². The number of nitrogens with two attached hydrogens (primary N) is 1. The third kappa shape index (κ3) is 3.59. The van der Waals surface area contributed by atoms with Gasteiger partial charge in [-0.1, -0.05) is 42.5 Å². The number of esters is 1. The van der Waals surface area contributed by atoms with E-state index < -0.39 is 5.97 Å². The summed E-state index contributed by atoms with van der Waals surface area (Å²) in [5, 5.41) is 0.625. The molecule has 30 heavy (non-hydrogen) atoms. The van der Waals surface area contributed by atoms with Gasteiger partial charge >= 0.3 is 5.97 Å². The van der Waals surface area contributed by atoms with Crippen LogP contribution in [0.2, 0.25) is 0 Å². The number of carbonyl (C=O) groups excluding carboxylic acids is 1. The molecule has 0 spiro atoms. The van der Waals surface area contributed by atoms with E-state index in [-0.39, 0.29) is 6.10 Å². The Morgan fingerprint density at radius 3 is 2.43 bits per heavy atom. The van der Waals surface area contributed by atoms with Gasteiger partial charge in [-0.2, -0.15) is 0 Å². The number of fused-ring (bicyclic) bond motifs is 1. The second-order valence-corrected chi connectivity index (χ2v) is 7.94. The normalized spacial score (nSPS) is 11.1. The van der Waals surface area contributed by atoms with Crippen molar-refractivity contribution in [3.63, 3.8) is 0 Å². The number of nitrogen functional groups attached to an aromatic ring is 1. The Morgan fingerprint density at radius 2 is 1.73 bits per heavy atom. The van der Waals surface area contributed by atoms with E-state index in [1.165, 1.54) is 11.3 Å². The molecule has 0 unspecified atom stereocenters. The molecule has 7 heteroatoms. The molecule has 2 aromatic carbocycles. The van der Waals surface area contributed by atoms with E-state index in [0.717, 1.165) is 11.1 Å². The van der Waals surface area contributed by atoms with Crippen molar-refractivity contribution in [1.82, 2.24) is 9.97 Å². The van der Waals surface area contributed by atoms with Crippen LogP contribution in [0.1, 0.15) is 23.5 Å². The maximum absolute atomic E-state index is 12.6. The molecule has 0 fully saturated rings. The summed E-state index contributed by atoms with van der Waals surface area (Å²) in [5.41, 5.74) is 9.01. The first kappa shape index (κ1) is 19.8. The second-order valence-electron chi connectivity index (χ2n) is 6.94. The molecule has 0 aliphatic heterocycles. The average molecular weight is 420 g/mol. The lowest BCUT2D eigenvalue weighted by atomic mass is 10.1. The molecule has 152 valence electrons. The largest absolute Gasteiger partial charge is 0.496 e. The lowest BCUT2D eigenvalue weighted by molar-refractivity contribution is 0.0385. The highest BCUT2D eigenvalue weighted by atomic mass is 32.1. The third-order valence-corrected chi connectivity index (χ3v) is 5.59. The van der Waals surface area contributed by atoms with Gasteiger partial charge in [0, 0.05) is 11.1 Å². The highest BCUT2D eigenvalue weighted by molar-refractivity contribution is 7.21. The predicted octanol–water partition coefficient (Wildman–Crippen LogP) is 5.18. The lowest BCUT2D eigenvalue weighted by Gasteiger charge is -2.11. The Kier molecular flexibility index (Phi) is 5.37. The zero-order chi connectivity index (χ0) is 21.3. The number of hydrogen-bond donors (Lipinski definition) is 1. The van der Waals surface area contributed by atoms with Gasteiger partial charge in [-0.15, -0.1) is 11.3 Å². The van der Waals surface area contributed by atoms with E-state index in [4.69, 9.17) is 25.2 Å². The van der Waals surface area contributed by atoms with Crippen molar-refractivity contribution >= 4 is 33.2 Å². The third-order valence-electron chi connectivity index (χ3n) is 4.51. The summed E-state index contributed by atoms with van der Waals surface area (Å²) < 4.78 is 10.9. The minimum Gasteiger partial charge on any atom is -0.496 e. The van der Waals surface area contributed by atoms with E-state index in [2.05, 4.69) is 0 Å². The van der Waals surface area contributed by atoms with E-state index >= 15 is 0 Å². The summed E-state index contributed by atoms with van der Waals surface area (Å²) in [6, 6.07) is 17.3. The van der Waals surface area contributed by atoms with Crippen LogP contribution in [0.15, 0.2) is 54.6 Å². The van der Waals surface area contributed by atoms with Crippen LogP contribution in [0, 0.1) is 0 Å². The molecule has 4 rings (SSSR count). The molecule has 0 bridgehead atoms. The molecule has 2 N–H and O–H groups in total. The van der Waals surface area contributed by atoms with Crippen molar-refractivity contribution in [2.75, 3.05) is 12.8 Å². The Morgan fingerprint density at radius 1 is 1.03 bits per heavy atom. The van der Waals surface area contributed by atoms with Crippen molar-refractivity contribution in [2.24, 2.45) is 0 Å². The summed E-state index contributed by atoms with van der Waals surface area (Å²) in [7, 11) is 1.61. The van der Waals surface area contributed by atoms with Gasteiger partial charge in [0.1, 0.15) is 15.5 Å². The summed E-state index contributed by atoms with van der Waals surface area (Å²) >= 11 is 1.21. The van der Waals surface area contributed by atoms with Gasteiger partial charge in [-0.3, -0.25) is 0 Å². The predicted molar refractivity (Wildman–Crippen MR) is 120 cm³/mol. The molecule has 2 heterocycles. The number of aromatic nitrogens is 2. The number of thiophene rings is 1. The SMILES string of the molecule is COc1ccccc1-c1nc(-c2ccccc2)nc2sc(C(=O)OC(C)C)c(N)c12.